The summed E-state index contributed by atoms with van der Waals surface area (Å²) < 4.78 is 5.81. The highest BCUT2D eigenvalue weighted by molar-refractivity contribution is 5.18. The quantitative estimate of drug-likeness (QED) is 0.574. The Morgan fingerprint density at radius 1 is 1.38 bits per heavy atom. The molecule has 2 nitrogen and oxygen atoms in total. The molecule has 0 aliphatic carbocycles. The summed E-state index contributed by atoms with van der Waals surface area (Å²) in [7, 11) is 0. The van der Waals surface area contributed by atoms with E-state index in [0.29, 0.717) is 17.6 Å². The number of nitrogens with one attached hydrogen (secondary N) is 1. The zero-order chi connectivity index (χ0) is 9.47. The van der Waals surface area contributed by atoms with Crippen LogP contribution in [0.25, 0.3) is 0 Å². The number of hydrogen-bond donors (Lipinski definition) is 1. The summed E-state index contributed by atoms with van der Waals surface area (Å²) in [6.07, 6.45) is 4.15. The van der Waals surface area contributed by atoms with Gasteiger partial charge in [-0.1, -0.05) is 32.4 Å². The van der Waals surface area contributed by atoms with Gasteiger partial charge in [0.2, 0.25) is 0 Å². The predicted octanol–water partition coefficient (Wildman–Crippen LogP) is 1.72. The molecule has 1 saturated heterocycles. The molecule has 2 heterocycles. The summed E-state index contributed by atoms with van der Waals surface area (Å²) in [5, 5.41) is 3.39. The van der Waals surface area contributed by atoms with E-state index in [0.717, 1.165) is 19.5 Å². The molecule has 0 aromatic heterocycles. The highest BCUT2D eigenvalue weighted by Gasteiger charge is 2.30. The lowest BCUT2D eigenvalue weighted by Crippen LogP contribution is -2.47. The maximum Gasteiger partial charge on any atom is 0.0887 e. The molecular weight excluding hydrogens is 162 g/mol. The molecule has 1 fully saturated rings. The second-order valence-electron chi connectivity index (χ2n) is 5.10. The van der Waals surface area contributed by atoms with Crippen LogP contribution in [0.4, 0.5) is 0 Å². The van der Waals surface area contributed by atoms with Gasteiger partial charge in [0.25, 0.3) is 0 Å². The Kier molecular flexibility index (Phi) is 2.20. The van der Waals surface area contributed by atoms with E-state index in [2.05, 4.69) is 32.2 Å². The second kappa shape index (κ2) is 3.10. The molecule has 1 N–H and O–H groups in total. The Morgan fingerprint density at radius 2 is 2.15 bits per heavy atom. The molecule has 0 radical (unpaired) electrons. The van der Waals surface area contributed by atoms with E-state index in [1.807, 2.05) is 0 Å². The van der Waals surface area contributed by atoms with Crippen molar-refractivity contribution in [3.63, 3.8) is 0 Å². The summed E-state index contributed by atoms with van der Waals surface area (Å²) in [6, 6.07) is 0. The number of morpholine rings is 1. The topological polar surface area (TPSA) is 21.3 Å². The smallest absolute Gasteiger partial charge is 0.0887 e. The van der Waals surface area contributed by atoms with Crippen LogP contribution in [-0.4, -0.2) is 25.3 Å². The highest BCUT2D eigenvalue weighted by atomic mass is 16.5. The Hall–Kier alpha value is -0.340. The van der Waals surface area contributed by atoms with Crippen molar-refractivity contribution < 1.29 is 4.74 Å². The van der Waals surface area contributed by atoms with Gasteiger partial charge in [-0.15, -0.1) is 0 Å². The summed E-state index contributed by atoms with van der Waals surface area (Å²) in [5.41, 5.74) is 1.88. The van der Waals surface area contributed by atoms with Gasteiger partial charge in [0.1, 0.15) is 0 Å². The average molecular weight is 181 g/mol. The maximum atomic E-state index is 5.81. The molecule has 2 aliphatic heterocycles. The van der Waals surface area contributed by atoms with Crippen LogP contribution in [0.1, 0.15) is 27.2 Å². The van der Waals surface area contributed by atoms with Crippen LogP contribution in [0.3, 0.4) is 0 Å². The maximum absolute atomic E-state index is 5.81. The van der Waals surface area contributed by atoms with Crippen LogP contribution in [0.15, 0.2) is 11.6 Å². The average Bonchev–Trinajstić information content (AvgIpc) is 2.01. The third kappa shape index (κ3) is 1.94. The summed E-state index contributed by atoms with van der Waals surface area (Å²) in [4.78, 5) is 0. The van der Waals surface area contributed by atoms with Crippen LogP contribution in [-0.2, 0) is 4.74 Å². The Bertz CT molecular complexity index is 227. The van der Waals surface area contributed by atoms with Crippen LogP contribution in [0.5, 0.6) is 0 Å². The molecular formula is C11H19NO. The lowest BCUT2D eigenvalue weighted by molar-refractivity contribution is -0.0250. The van der Waals surface area contributed by atoms with Gasteiger partial charge in [-0.25, -0.2) is 0 Å². The van der Waals surface area contributed by atoms with Gasteiger partial charge in [0.05, 0.1) is 12.2 Å². The molecule has 2 aliphatic rings. The monoisotopic (exact) mass is 181 g/mol. The largest absolute Gasteiger partial charge is 0.368 e. The van der Waals surface area contributed by atoms with E-state index in [4.69, 9.17) is 4.74 Å². The molecule has 0 aromatic rings. The fraction of sp³-hybridized carbons (Fsp3) is 0.818. The molecule has 2 rings (SSSR count). The number of ether oxygens (including phenoxy) is 1. The molecule has 13 heavy (non-hydrogen) atoms. The van der Waals surface area contributed by atoms with Gasteiger partial charge in [-0.05, 0) is 11.8 Å². The van der Waals surface area contributed by atoms with Crippen molar-refractivity contribution in [1.29, 1.82) is 0 Å². The minimum absolute atomic E-state index is 0.317. The summed E-state index contributed by atoms with van der Waals surface area (Å²) in [5.74, 6) is 0. The molecule has 0 unspecified atom stereocenters. The minimum Gasteiger partial charge on any atom is -0.368 e. The molecule has 0 amide bonds. The summed E-state index contributed by atoms with van der Waals surface area (Å²) in [6.45, 7) is 8.86. The van der Waals surface area contributed by atoms with E-state index in [1.54, 1.807) is 5.57 Å². The lowest BCUT2D eigenvalue weighted by Gasteiger charge is -2.38. The van der Waals surface area contributed by atoms with Gasteiger partial charge in [0.15, 0.2) is 0 Å². The van der Waals surface area contributed by atoms with Crippen LogP contribution >= 0.6 is 0 Å². The van der Waals surface area contributed by atoms with E-state index < -0.39 is 0 Å². The third-order valence-corrected chi connectivity index (χ3v) is 2.88. The van der Waals surface area contributed by atoms with Crippen molar-refractivity contribution in [2.75, 3.05) is 13.1 Å². The standard InChI is InChI=1S/C11H19NO/c1-11(2,3)8-4-9-6-12-7-10(5-8)13-9/h4,9-10,12H,5-7H2,1-3H3/t9-,10+/m0/s1. The number of rotatable bonds is 0. The van der Waals surface area contributed by atoms with Crippen LogP contribution < -0.4 is 5.32 Å². The second-order valence-corrected chi connectivity index (χ2v) is 5.10. The van der Waals surface area contributed by atoms with Gasteiger partial charge in [0, 0.05) is 13.1 Å². The fourth-order valence-electron chi connectivity index (χ4n) is 2.04. The highest BCUT2D eigenvalue weighted by Crippen LogP contribution is 2.34. The van der Waals surface area contributed by atoms with E-state index in [1.165, 1.54) is 0 Å². The number of fused-ring (bicyclic) bond motifs is 2. The van der Waals surface area contributed by atoms with Crippen molar-refractivity contribution >= 4 is 0 Å². The van der Waals surface area contributed by atoms with Crippen molar-refractivity contribution in [1.82, 2.24) is 5.32 Å². The zero-order valence-electron chi connectivity index (χ0n) is 8.76. The normalized spacial score (nSPS) is 34.2. The minimum atomic E-state index is 0.317. The predicted molar refractivity (Wildman–Crippen MR) is 53.7 cm³/mol. The first-order valence-electron chi connectivity index (χ1n) is 5.13. The van der Waals surface area contributed by atoms with Gasteiger partial charge >= 0.3 is 0 Å². The molecule has 0 aromatic carbocycles. The van der Waals surface area contributed by atoms with Crippen molar-refractivity contribution in [3.8, 4) is 0 Å². The summed E-state index contributed by atoms with van der Waals surface area (Å²) >= 11 is 0. The first-order valence-corrected chi connectivity index (χ1v) is 5.13. The SMILES string of the molecule is CC(C)(C)C1=C[C@H]2CNC[C@@H](C1)O2. The molecule has 2 heteroatoms. The lowest BCUT2D eigenvalue weighted by atomic mass is 9.80. The van der Waals surface area contributed by atoms with E-state index in [9.17, 15) is 0 Å². The van der Waals surface area contributed by atoms with Crippen molar-refractivity contribution in [2.24, 2.45) is 5.41 Å². The van der Waals surface area contributed by atoms with Crippen LogP contribution in [0, 0.1) is 5.41 Å². The Labute approximate surface area is 80.4 Å². The van der Waals surface area contributed by atoms with Crippen LogP contribution in [0.2, 0.25) is 0 Å². The Balaban J connectivity index is 2.17. The number of hydrogen-bond acceptors (Lipinski definition) is 2. The first-order chi connectivity index (χ1) is 6.05. The molecule has 74 valence electrons. The van der Waals surface area contributed by atoms with E-state index in [-0.39, 0.29) is 0 Å². The Morgan fingerprint density at radius 3 is 2.77 bits per heavy atom. The molecule has 2 atom stereocenters. The fourth-order valence-corrected chi connectivity index (χ4v) is 2.04. The van der Waals surface area contributed by atoms with Crippen molar-refractivity contribution in [3.05, 3.63) is 11.6 Å². The molecule has 2 bridgehead atoms. The molecule has 0 spiro atoms. The van der Waals surface area contributed by atoms with Crippen molar-refractivity contribution in [2.45, 2.75) is 39.4 Å². The third-order valence-electron chi connectivity index (χ3n) is 2.88. The van der Waals surface area contributed by atoms with Gasteiger partial charge in [-0.3, -0.25) is 0 Å². The zero-order valence-corrected chi connectivity index (χ0v) is 8.76. The van der Waals surface area contributed by atoms with Gasteiger partial charge in [-0.2, -0.15) is 0 Å². The molecule has 0 saturated carbocycles. The van der Waals surface area contributed by atoms with E-state index >= 15 is 0 Å². The van der Waals surface area contributed by atoms with Gasteiger partial charge < -0.3 is 10.1 Å². The first kappa shape index (κ1) is 9.22.